The predicted octanol–water partition coefficient (Wildman–Crippen LogP) is 3.23. The number of nitro benzene ring substituents is 1. The number of amides is 1. The second-order valence-electron chi connectivity index (χ2n) is 7.45. The lowest BCUT2D eigenvalue weighted by atomic mass is 10.0. The molecule has 1 saturated heterocycles. The van der Waals surface area contributed by atoms with E-state index >= 15 is 0 Å². The zero-order valence-corrected chi connectivity index (χ0v) is 16.6. The van der Waals surface area contributed by atoms with Gasteiger partial charge < -0.3 is 14.8 Å². The Morgan fingerprint density at radius 3 is 2.55 bits per heavy atom. The Hall–Kier alpha value is -2.97. The fourth-order valence-electron chi connectivity index (χ4n) is 3.19. The van der Waals surface area contributed by atoms with Crippen LogP contribution in [0.25, 0.3) is 0 Å². The highest BCUT2D eigenvalue weighted by atomic mass is 16.6. The summed E-state index contributed by atoms with van der Waals surface area (Å²) >= 11 is 0. The first-order valence-electron chi connectivity index (χ1n) is 9.49. The van der Waals surface area contributed by atoms with Crippen molar-refractivity contribution in [2.24, 2.45) is 0 Å². The van der Waals surface area contributed by atoms with Gasteiger partial charge in [0.2, 0.25) is 0 Å². The molecule has 0 bridgehead atoms. The van der Waals surface area contributed by atoms with Gasteiger partial charge in [-0.15, -0.1) is 0 Å². The largest absolute Gasteiger partial charge is 0.457 e. The lowest BCUT2D eigenvalue weighted by molar-refractivity contribution is -0.384. The SMILES string of the molecule is CC(C)(CNC(=O)c1cc([N+](=O)[O-])ccc1Oc1ccccc1)N1CCOCC1. The first kappa shape index (κ1) is 20.8. The summed E-state index contributed by atoms with van der Waals surface area (Å²) in [6.07, 6.45) is 0. The maximum absolute atomic E-state index is 12.9. The third kappa shape index (κ3) is 5.30. The molecule has 2 aromatic carbocycles. The molecule has 0 spiro atoms. The van der Waals surface area contributed by atoms with E-state index in [4.69, 9.17) is 9.47 Å². The van der Waals surface area contributed by atoms with Gasteiger partial charge in [-0.05, 0) is 32.0 Å². The maximum atomic E-state index is 12.9. The van der Waals surface area contributed by atoms with Crippen LogP contribution in [0.3, 0.4) is 0 Å². The van der Waals surface area contributed by atoms with Gasteiger partial charge in [0.15, 0.2) is 0 Å². The quantitative estimate of drug-likeness (QED) is 0.567. The molecule has 1 fully saturated rings. The molecule has 0 aliphatic carbocycles. The third-order valence-electron chi connectivity index (χ3n) is 4.94. The zero-order valence-electron chi connectivity index (χ0n) is 16.6. The number of nitrogens with zero attached hydrogens (tertiary/aromatic N) is 2. The first-order valence-corrected chi connectivity index (χ1v) is 9.49. The molecule has 1 N–H and O–H groups in total. The number of non-ortho nitro benzene ring substituents is 1. The van der Waals surface area contributed by atoms with E-state index in [9.17, 15) is 14.9 Å². The normalized spacial score (nSPS) is 15.0. The molecular formula is C21H25N3O5. The molecule has 0 saturated carbocycles. The van der Waals surface area contributed by atoms with Crippen LogP contribution in [0.1, 0.15) is 24.2 Å². The van der Waals surface area contributed by atoms with Crippen molar-refractivity contribution in [3.05, 3.63) is 64.2 Å². The standard InChI is InChI=1S/C21H25N3O5/c1-21(2,23-10-12-28-13-11-23)15-22-20(25)18-14-16(24(26)27)8-9-19(18)29-17-6-4-3-5-7-17/h3-9,14H,10-13,15H2,1-2H3,(H,22,25). The van der Waals surface area contributed by atoms with E-state index in [1.807, 2.05) is 32.0 Å². The molecule has 0 unspecified atom stereocenters. The number of carbonyl (C=O) groups excluding carboxylic acids is 1. The molecule has 1 heterocycles. The number of hydrogen-bond donors (Lipinski definition) is 1. The van der Waals surface area contributed by atoms with Gasteiger partial charge in [-0.3, -0.25) is 19.8 Å². The van der Waals surface area contributed by atoms with Crippen molar-refractivity contribution in [2.75, 3.05) is 32.8 Å². The van der Waals surface area contributed by atoms with E-state index in [1.54, 1.807) is 12.1 Å². The van der Waals surface area contributed by atoms with E-state index in [-0.39, 0.29) is 22.5 Å². The van der Waals surface area contributed by atoms with Crippen molar-refractivity contribution in [3.8, 4) is 11.5 Å². The molecule has 0 atom stereocenters. The minimum Gasteiger partial charge on any atom is -0.457 e. The monoisotopic (exact) mass is 399 g/mol. The minimum absolute atomic E-state index is 0.126. The molecule has 0 aromatic heterocycles. The first-order chi connectivity index (χ1) is 13.9. The van der Waals surface area contributed by atoms with E-state index in [0.29, 0.717) is 25.5 Å². The Kier molecular flexibility index (Phi) is 6.46. The number of hydrogen-bond acceptors (Lipinski definition) is 6. The van der Waals surface area contributed by atoms with Gasteiger partial charge >= 0.3 is 0 Å². The lowest BCUT2D eigenvalue weighted by Gasteiger charge is -2.40. The summed E-state index contributed by atoms with van der Waals surface area (Å²) in [5.41, 5.74) is -0.315. The molecule has 1 aliphatic rings. The number of rotatable bonds is 7. The molecule has 8 heteroatoms. The number of carbonyl (C=O) groups is 1. The average molecular weight is 399 g/mol. The molecule has 29 heavy (non-hydrogen) atoms. The van der Waals surface area contributed by atoms with Crippen LogP contribution in [-0.4, -0.2) is 54.1 Å². The van der Waals surface area contributed by atoms with Crippen molar-refractivity contribution in [3.63, 3.8) is 0 Å². The van der Waals surface area contributed by atoms with Crippen LogP contribution in [0, 0.1) is 10.1 Å². The van der Waals surface area contributed by atoms with E-state index < -0.39 is 10.8 Å². The Bertz CT molecular complexity index is 864. The summed E-state index contributed by atoms with van der Waals surface area (Å²) < 4.78 is 11.2. The fourth-order valence-corrected chi connectivity index (χ4v) is 3.19. The Morgan fingerprint density at radius 1 is 1.21 bits per heavy atom. The van der Waals surface area contributed by atoms with Crippen LogP contribution in [0.4, 0.5) is 5.69 Å². The highest BCUT2D eigenvalue weighted by molar-refractivity contribution is 5.97. The summed E-state index contributed by atoms with van der Waals surface area (Å²) in [6, 6.07) is 13.0. The van der Waals surface area contributed by atoms with Crippen molar-refractivity contribution in [2.45, 2.75) is 19.4 Å². The van der Waals surface area contributed by atoms with Crippen molar-refractivity contribution in [1.82, 2.24) is 10.2 Å². The minimum atomic E-state index is -0.527. The number of nitrogens with one attached hydrogen (secondary N) is 1. The highest BCUT2D eigenvalue weighted by Gasteiger charge is 2.29. The van der Waals surface area contributed by atoms with Gasteiger partial charge in [-0.25, -0.2) is 0 Å². The molecule has 8 nitrogen and oxygen atoms in total. The van der Waals surface area contributed by atoms with Gasteiger partial charge in [0.25, 0.3) is 11.6 Å². The molecule has 2 aromatic rings. The van der Waals surface area contributed by atoms with Gasteiger partial charge in [-0.1, -0.05) is 18.2 Å². The second-order valence-corrected chi connectivity index (χ2v) is 7.45. The van der Waals surface area contributed by atoms with Crippen molar-refractivity contribution in [1.29, 1.82) is 0 Å². The summed E-state index contributed by atoms with van der Waals surface area (Å²) in [4.78, 5) is 25.8. The molecule has 1 aliphatic heterocycles. The number of para-hydroxylation sites is 1. The smallest absolute Gasteiger partial charge is 0.270 e. The van der Waals surface area contributed by atoms with E-state index in [0.717, 1.165) is 13.1 Å². The summed E-state index contributed by atoms with van der Waals surface area (Å²) in [7, 11) is 0. The van der Waals surface area contributed by atoms with E-state index in [2.05, 4.69) is 10.2 Å². The number of nitro groups is 1. The van der Waals surface area contributed by atoms with Crippen LogP contribution >= 0.6 is 0 Å². The number of morpholine rings is 1. The second kappa shape index (κ2) is 9.02. The summed E-state index contributed by atoms with van der Waals surface area (Å²) in [5, 5.41) is 14.1. The molecular weight excluding hydrogens is 374 g/mol. The average Bonchev–Trinajstić information content (AvgIpc) is 2.73. The molecule has 0 radical (unpaired) electrons. The van der Waals surface area contributed by atoms with Crippen LogP contribution in [0.15, 0.2) is 48.5 Å². The third-order valence-corrected chi connectivity index (χ3v) is 4.94. The molecule has 1 amide bonds. The van der Waals surface area contributed by atoms with Crippen LogP contribution in [0.2, 0.25) is 0 Å². The lowest BCUT2D eigenvalue weighted by Crippen LogP contribution is -2.55. The topological polar surface area (TPSA) is 93.9 Å². The predicted molar refractivity (Wildman–Crippen MR) is 108 cm³/mol. The summed E-state index contributed by atoms with van der Waals surface area (Å²) in [6.45, 7) is 7.40. The molecule has 154 valence electrons. The van der Waals surface area contributed by atoms with Gasteiger partial charge in [0.1, 0.15) is 11.5 Å². The van der Waals surface area contributed by atoms with Crippen LogP contribution in [-0.2, 0) is 4.74 Å². The van der Waals surface area contributed by atoms with Gasteiger partial charge in [0.05, 0.1) is 23.7 Å². The number of benzene rings is 2. The Labute approximate surface area is 169 Å². The number of ether oxygens (including phenoxy) is 2. The van der Waals surface area contributed by atoms with Crippen LogP contribution < -0.4 is 10.1 Å². The Morgan fingerprint density at radius 2 is 1.90 bits per heavy atom. The molecule has 3 rings (SSSR count). The fraction of sp³-hybridized carbons (Fsp3) is 0.381. The highest BCUT2D eigenvalue weighted by Crippen LogP contribution is 2.29. The van der Waals surface area contributed by atoms with Crippen molar-refractivity contribution >= 4 is 11.6 Å². The van der Waals surface area contributed by atoms with Crippen LogP contribution in [0.5, 0.6) is 11.5 Å². The van der Waals surface area contributed by atoms with Crippen molar-refractivity contribution < 1.29 is 19.2 Å². The zero-order chi connectivity index (χ0) is 20.9. The maximum Gasteiger partial charge on any atom is 0.270 e. The van der Waals surface area contributed by atoms with Gasteiger partial charge in [-0.2, -0.15) is 0 Å². The summed E-state index contributed by atoms with van der Waals surface area (Å²) in [5.74, 6) is 0.397. The van der Waals surface area contributed by atoms with Gasteiger partial charge in [0, 0.05) is 37.3 Å². The van der Waals surface area contributed by atoms with E-state index in [1.165, 1.54) is 18.2 Å². The Balaban J connectivity index is 1.78.